The number of ether oxygens (including phenoxy) is 1. The van der Waals surface area contributed by atoms with Crippen molar-refractivity contribution in [3.8, 4) is 0 Å². The first kappa shape index (κ1) is 33.1. The highest BCUT2D eigenvalue weighted by Crippen LogP contribution is 2.45. The lowest BCUT2D eigenvalue weighted by molar-refractivity contribution is -0.193. The Morgan fingerprint density at radius 1 is 0.925 bits per heavy atom. The van der Waals surface area contributed by atoms with Crippen LogP contribution in [-0.2, 0) is 27.4 Å². The van der Waals surface area contributed by atoms with Gasteiger partial charge in [-0.3, -0.25) is 9.80 Å². The van der Waals surface area contributed by atoms with E-state index < -0.39 is 24.3 Å². The van der Waals surface area contributed by atoms with Crippen LogP contribution in [0.4, 0.5) is 26.3 Å². The molecule has 224 valence electrons. The Morgan fingerprint density at radius 3 is 1.93 bits per heavy atom. The minimum atomic E-state index is -5.08. The van der Waals surface area contributed by atoms with Gasteiger partial charge in [-0.2, -0.15) is 26.3 Å². The summed E-state index contributed by atoms with van der Waals surface area (Å²) in [7, 11) is 1.84. The van der Waals surface area contributed by atoms with Gasteiger partial charge in [0.1, 0.15) is 5.76 Å². The summed E-state index contributed by atoms with van der Waals surface area (Å²) in [5, 5.41) is 14.2. The maximum absolute atomic E-state index is 10.6. The molecule has 14 heteroatoms. The SMILES string of the molecule is COCC1CN(Cc2ccco2)CC12CCN(Cc1ccccc1)CC2.O=C(O)C(F)(F)F.O=C(O)C(F)(F)F. The van der Waals surface area contributed by atoms with E-state index in [1.807, 2.05) is 13.2 Å². The smallest absolute Gasteiger partial charge is 0.475 e. The summed E-state index contributed by atoms with van der Waals surface area (Å²) >= 11 is 0. The van der Waals surface area contributed by atoms with Crippen molar-refractivity contribution in [3.63, 3.8) is 0 Å². The molecule has 0 saturated carbocycles. The molecule has 1 unspecified atom stereocenters. The molecule has 2 N–H and O–H groups in total. The number of nitrogens with zero attached hydrogens (tertiary/aromatic N) is 2. The molecule has 2 aliphatic rings. The lowest BCUT2D eigenvalue weighted by Gasteiger charge is -2.42. The van der Waals surface area contributed by atoms with Crippen LogP contribution in [0.5, 0.6) is 0 Å². The van der Waals surface area contributed by atoms with E-state index in [1.54, 1.807) is 6.26 Å². The van der Waals surface area contributed by atoms with Crippen LogP contribution in [0, 0.1) is 11.3 Å². The van der Waals surface area contributed by atoms with E-state index in [1.165, 1.54) is 38.0 Å². The summed E-state index contributed by atoms with van der Waals surface area (Å²) in [4.78, 5) is 23.0. The molecular formula is C26H32F6N2O6. The molecule has 0 radical (unpaired) electrons. The molecule has 1 aromatic carbocycles. The molecule has 3 heterocycles. The fraction of sp³-hybridized carbons (Fsp3) is 0.538. The predicted molar refractivity (Wildman–Crippen MR) is 130 cm³/mol. The normalized spacial score (nSPS) is 19.3. The average molecular weight is 583 g/mol. The van der Waals surface area contributed by atoms with E-state index in [9.17, 15) is 26.3 Å². The summed E-state index contributed by atoms with van der Waals surface area (Å²) in [5.41, 5.74) is 1.82. The summed E-state index contributed by atoms with van der Waals surface area (Å²) < 4.78 is 74.6. The van der Waals surface area contributed by atoms with Crippen molar-refractivity contribution >= 4 is 11.9 Å². The number of likely N-dealkylation sites (tertiary alicyclic amines) is 2. The van der Waals surface area contributed by atoms with Gasteiger partial charge in [0, 0.05) is 32.7 Å². The molecule has 40 heavy (non-hydrogen) atoms. The van der Waals surface area contributed by atoms with Crippen LogP contribution in [0.25, 0.3) is 0 Å². The van der Waals surface area contributed by atoms with Gasteiger partial charge in [0.05, 0.1) is 19.4 Å². The van der Waals surface area contributed by atoms with Crippen LogP contribution in [0.1, 0.15) is 24.2 Å². The number of piperidine rings is 1. The van der Waals surface area contributed by atoms with E-state index >= 15 is 0 Å². The second-order valence-corrected chi connectivity index (χ2v) is 9.63. The zero-order valence-electron chi connectivity index (χ0n) is 21.7. The fourth-order valence-corrected chi connectivity index (χ4v) is 4.88. The number of hydrogen-bond donors (Lipinski definition) is 2. The second-order valence-electron chi connectivity index (χ2n) is 9.63. The number of carboxylic acids is 2. The Morgan fingerprint density at radius 2 is 1.48 bits per heavy atom. The van der Waals surface area contributed by atoms with Crippen molar-refractivity contribution in [2.24, 2.45) is 11.3 Å². The van der Waals surface area contributed by atoms with Gasteiger partial charge in [-0.1, -0.05) is 30.3 Å². The molecule has 2 aromatic rings. The molecule has 0 bridgehead atoms. The first-order chi connectivity index (χ1) is 18.7. The third-order valence-electron chi connectivity index (χ3n) is 6.80. The number of halogens is 6. The molecule has 1 atom stereocenters. The van der Waals surface area contributed by atoms with E-state index in [0.717, 1.165) is 32.0 Å². The van der Waals surface area contributed by atoms with Crippen LogP contribution in [0.15, 0.2) is 53.1 Å². The first-order valence-electron chi connectivity index (χ1n) is 12.3. The predicted octanol–water partition coefficient (Wildman–Crippen LogP) is 4.91. The third-order valence-corrected chi connectivity index (χ3v) is 6.80. The van der Waals surface area contributed by atoms with Gasteiger partial charge < -0.3 is 19.4 Å². The maximum atomic E-state index is 10.6. The van der Waals surface area contributed by atoms with Crippen molar-refractivity contribution in [1.29, 1.82) is 0 Å². The highest BCUT2D eigenvalue weighted by atomic mass is 19.4. The highest BCUT2D eigenvalue weighted by molar-refractivity contribution is 5.73. The number of carboxylic acid groups (broad SMARTS) is 2. The Kier molecular flexibility index (Phi) is 12.0. The van der Waals surface area contributed by atoms with Gasteiger partial charge in [0.15, 0.2) is 0 Å². The Labute approximate surface area is 227 Å². The summed E-state index contributed by atoms with van der Waals surface area (Å²) in [5.74, 6) is -3.82. The van der Waals surface area contributed by atoms with Gasteiger partial charge in [0.25, 0.3) is 0 Å². The number of rotatable bonds is 6. The van der Waals surface area contributed by atoms with Crippen LogP contribution < -0.4 is 0 Å². The average Bonchev–Trinajstić information content (AvgIpc) is 3.49. The highest BCUT2D eigenvalue weighted by Gasteiger charge is 2.47. The number of aliphatic carboxylic acids is 2. The van der Waals surface area contributed by atoms with Crippen molar-refractivity contribution < 1.29 is 55.3 Å². The molecule has 1 spiro atoms. The van der Waals surface area contributed by atoms with Gasteiger partial charge in [-0.15, -0.1) is 0 Å². The number of methoxy groups -OCH3 is 1. The van der Waals surface area contributed by atoms with Gasteiger partial charge in [0.2, 0.25) is 0 Å². The Hall–Kier alpha value is -3.10. The minimum absolute atomic E-state index is 0.399. The quantitative estimate of drug-likeness (QED) is 0.464. The largest absolute Gasteiger partial charge is 0.490 e. The Balaban J connectivity index is 0.000000333. The summed E-state index contributed by atoms with van der Waals surface area (Å²) in [6, 6.07) is 14.9. The van der Waals surface area contributed by atoms with Crippen LogP contribution in [-0.4, -0.2) is 84.2 Å². The van der Waals surface area contributed by atoms with Crippen LogP contribution >= 0.6 is 0 Å². The standard InChI is InChI=1S/C22H30N2O2.2C2HF3O2/c1-25-17-20-15-24(16-21-8-5-13-26-21)18-22(20)9-11-23(12-10-22)14-19-6-3-2-4-7-19;2*3-2(4,5)1(6)7/h2-8,13,20H,9-12,14-18H2,1H3;2*(H,6,7). The van der Waals surface area contributed by atoms with Gasteiger partial charge in [-0.05, 0) is 49.0 Å². The summed E-state index contributed by atoms with van der Waals surface area (Å²) in [6.45, 7) is 7.51. The van der Waals surface area contributed by atoms with Crippen LogP contribution in [0.2, 0.25) is 0 Å². The lowest BCUT2D eigenvalue weighted by Crippen LogP contribution is -2.44. The van der Waals surface area contributed by atoms with Crippen molar-refractivity contribution in [2.75, 3.05) is 39.9 Å². The monoisotopic (exact) mass is 582 g/mol. The van der Waals surface area contributed by atoms with Gasteiger partial charge in [-0.25, -0.2) is 9.59 Å². The minimum Gasteiger partial charge on any atom is -0.475 e. The van der Waals surface area contributed by atoms with Crippen molar-refractivity contribution in [2.45, 2.75) is 38.3 Å². The molecular weight excluding hydrogens is 550 g/mol. The first-order valence-corrected chi connectivity index (χ1v) is 12.3. The second kappa shape index (κ2) is 14.5. The maximum Gasteiger partial charge on any atom is 0.490 e. The van der Waals surface area contributed by atoms with E-state index in [4.69, 9.17) is 29.0 Å². The molecule has 0 aliphatic carbocycles. The molecule has 1 aromatic heterocycles. The van der Waals surface area contributed by atoms with E-state index in [2.05, 4.69) is 46.2 Å². The van der Waals surface area contributed by atoms with Crippen molar-refractivity contribution in [3.05, 3.63) is 60.1 Å². The number of furan rings is 1. The number of alkyl halides is 6. The molecule has 2 saturated heterocycles. The van der Waals surface area contributed by atoms with E-state index in [-0.39, 0.29) is 0 Å². The molecule has 2 fully saturated rings. The van der Waals surface area contributed by atoms with Crippen molar-refractivity contribution in [1.82, 2.24) is 9.80 Å². The zero-order chi connectivity index (χ0) is 30.0. The molecule has 8 nitrogen and oxygen atoms in total. The van der Waals surface area contributed by atoms with Crippen LogP contribution in [0.3, 0.4) is 0 Å². The molecule has 0 amide bonds. The fourth-order valence-electron chi connectivity index (χ4n) is 4.88. The zero-order valence-corrected chi connectivity index (χ0v) is 21.7. The number of benzene rings is 1. The molecule has 2 aliphatic heterocycles. The number of carbonyl (C=O) groups is 2. The Bertz CT molecular complexity index is 1010. The number of hydrogen-bond acceptors (Lipinski definition) is 6. The van der Waals surface area contributed by atoms with E-state index in [0.29, 0.717) is 11.3 Å². The lowest BCUT2D eigenvalue weighted by atomic mass is 9.71. The third kappa shape index (κ3) is 10.5. The topological polar surface area (TPSA) is 103 Å². The summed E-state index contributed by atoms with van der Waals surface area (Å²) in [6.07, 6.45) is -5.86. The molecule has 4 rings (SSSR count). The van der Waals surface area contributed by atoms with Gasteiger partial charge >= 0.3 is 24.3 Å².